The van der Waals surface area contributed by atoms with Crippen molar-refractivity contribution in [2.75, 3.05) is 13.7 Å². The number of ether oxygens (including phenoxy) is 1. The first-order valence-electron chi connectivity index (χ1n) is 9.04. The highest BCUT2D eigenvalue weighted by molar-refractivity contribution is 6.06. The molecule has 0 bridgehead atoms. The molecule has 1 aliphatic carbocycles. The minimum Gasteiger partial charge on any atom is -0.393 e. The first-order valence-corrected chi connectivity index (χ1v) is 9.04. The maximum atomic E-state index is 13.6. The Hall–Kier alpha value is -2.05. The molecule has 6 heteroatoms. The Morgan fingerprint density at radius 2 is 2.19 bits per heavy atom. The smallest absolute Gasteiger partial charge is 0.254 e. The number of nitrogens with zero attached hydrogens (tertiary/aromatic N) is 2. The molecule has 1 aromatic carbocycles. The van der Waals surface area contributed by atoms with Gasteiger partial charge in [0.15, 0.2) is 0 Å². The average Bonchev–Trinajstić information content (AvgIpc) is 2.99. The molecule has 1 aromatic heterocycles. The van der Waals surface area contributed by atoms with Crippen LogP contribution in [-0.4, -0.2) is 52.3 Å². The number of likely N-dealkylation sites (tertiary alicyclic amines) is 1. The number of halogens is 1. The van der Waals surface area contributed by atoms with Crippen molar-refractivity contribution in [3.63, 3.8) is 0 Å². The van der Waals surface area contributed by atoms with Gasteiger partial charge < -0.3 is 14.7 Å². The summed E-state index contributed by atoms with van der Waals surface area (Å²) in [5.41, 5.74) is 1.31. The summed E-state index contributed by atoms with van der Waals surface area (Å²) in [5, 5.41) is 10.8. The lowest BCUT2D eigenvalue weighted by Gasteiger charge is -2.42. The third-order valence-corrected chi connectivity index (χ3v) is 5.95. The molecule has 5 nitrogen and oxygen atoms in total. The van der Waals surface area contributed by atoms with Crippen LogP contribution >= 0.6 is 0 Å². The summed E-state index contributed by atoms with van der Waals surface area (Å²) in [6, 6.07) is 5.93. The number of carbonyl (C=O) groups excluding carboxylic acids is 1. The predicted molar refractivity (Wildman–Crippen MR) is 95.5 cm³/mol. The fourth-order valence-electron chi connectivity index (χ4n) is 4.59. The molecule has 3 atom stereocenters. The van der Waals surface area contributed by atoms with Crippen molar-refractivity contribution in [2.45, 2.75) is 50.4 Å². The van der Waals surface area contributed by atoms with Crippen LogP contribution in [0.5, 0.6) is 0 Å². The molecule has 4 rings (SSSR count). The van der Waals surface area contributed by atoms with E-state index in [4.69, 9.17) is 4.74 Å². The summed E-state index contributed by atoms with van der Waals surface area (Å²) in [5.74, 6) is -0.478. The Labute approximate surface area is 151 Å². The zero-order valence-electron chi connectivity index (χ0n) is 15.0. The molecule has 0 radical (unpaired) electrons. The van der Waals surface area contributed by atoms with Crippen LogP contribution in [0.15, 0.2) is 24.3 Å². The van der Waals surface area contributed by atoms with Gasteiger partial charge in [0, 0.05) is 30.8 Å². The normalized spacial score (nSPS) is 28.4. The third kappa shape index (κ3) is 2.68. The van der Waals surface area contributed by atoms with Crippen LogP contribution in [0.4, 0.5) is 4.39 Å². The maximum absolute atomic E-state index is 13.6. The van der Waals surface area contributed by atoms with Crippen molar-refractivity contribution < 1.29 is 19.0 Å². The topological polar surface area (TPSA) is 62.7 Å². The second kappa shape index (κ2) is 6.28. The molecule has 1 saturated heterocycles. The van der Waals surface area contributed by atoms with Crippen molar-refractivity contribution in [2.24, 2.45) is 0 Å². The molecule has 138 valence electrons. The van der Waals surface area contributed by atoms with Gasteiger partial charge in [0.05, 0.1) is 28.8 Å². The molecule has 2 aromatic rings. The lowest BCUT2D eigenvalue weighted by molar-refractivity contribution is -0.0824. The van der Waals surface area contributed by atoms with Crippen LogP contribution in [0.1, 0.15) is 41.7 Å². The quantitative estimate of drug-likeness (QED) is 0.897. The Balaban J connectivity index is 1.75. The van der Waals surface area contributed by atoms with E-state index in [2.05, 4.69) is 4.98 Å². The van der Waals surface area contributed by atoms with E-state index in [0.29, 0.717) is 41.5 Å². The van der Waals surface area contributed by atoms with Crippen molar-refractivity contribution in [1.29, 1.82) is 0 Å². The van der Waals surface area contributed by atoms with Crippen LogP contribution in [-0.2, 0) is 4.74 Å². The number of methoxy groups -OCH3 is 1. The lowest BCUT2D eigenvalue weighted by Crippen LogP contribution is -2.52. The van der Waals surface area contributed by atoms with E-state index in [-0.39, 0.29) is 23.4 Å². The molecular weight excluding hydrogens is 335 g/mol. The zero-order valence-corrected chi connectivity index (χ0v) is 15.0. The number of aromatic nitrogens is 1. The van der Waals surface area contributed by atoms with Gasteiger partial charge >= 0.3 is 0 Å². The first kappa shape index (κ1) is 17.4. The summed E-state index contributed by atoms with van der Waals surface area (Å²) in [4.78, 5) is 19.6. The summed E-state index contributed by atoms with van der Waals surface area (Å²) >= 11 is 0. The molecule has 26 heavy (non-hydrogen) atoms. The van der Waals surface area contributed by atoms with Crippen LogP contribution in [0.2, 0.25) is 0 Å². The van der Waals surface area contributed by atoms with Gasteiger partial charge in [0.2, 0.25) is 0 Å². The Morgan fingerprint density at radius 1 is 1.38 bits per heavy atom. The number of benzene rings is 1. The predicted octanol–water partition coefficient (Wildman–Crippen LogP) is 2.83. The summed E-state index contributed by atoms with van der Waals surface area (Å²) in [6.07, 6.45) is 2.32. The number of rotatable bonds is 2. The van der Waals surface area contributed by atoms with Gasteiger partial charge in [-0.05, 0) is 50.8 Å². The Kier molecular flexibility index (Phi) is 4.20. The highest BCUT2D eigenvalue weighted by Gasteiger charge is 2.52. The molecule has 1 aliphatic heterocycles. The molecule has 1 N–H and O–H groups in total. The number of aliphatic hydroxyl groups excluding tert-OH is 1. The minimum atomic E-state index is -0.415. The average molecular weight is 358 g/mol. The van der Waals surface area contributed by atoms with Crippen molar-refractivity contribution in [3.05, 3.63) is 41.3 Å². The van der Waals surface area contributed by atoms with Crippen LogP contribution in [0, 0.1) is 12.7 Å². The second-order valence-corrected chi connectivity index (χ2v) is 7.43. The molecule has 2 heterocycles. The van der Waals surface area contributed by atoms with Crippen LogP contribution in [0.25, 0.3) is 10.9 Å². The summed E-state index contributed by atoms with van der Waals surface area (Å²) in [7, 11) is 1.69. The standard InChI is InChI=1S/C20H23FN2O3/c1-12-9-16(15-4-3-13(21)10-17(15)22-12)19(25)23-8-7-20(26-2)6-5-14(24)11-18(20)23/h3-4,9-10,14,18,24H,5-8,11H2,1-2H3/t14-,18-,20+/m0/s1. The summed E-state index contributed by atoms with van der Waals surface area (Å²) < 4.78 is 19.4. The monoisotopic (exact) mass is 358 g/mol. The van der Waals surface area contributed by atoms with Gasteiger partial charge in [-0.15, -0.1) is 0 Å². The van der Waals surface area contributed by atoms with E-state index in [1.165, 1.54) is 12.1 Å². The van der Waals surface area contributed by atoms with Crippen molar-refractivity contribution in [3.8, 4) is 0 Å². The highest BCUT2D eigenvalue weighted by atomic mass is 19.1. The number of pyridine rings is 1. The molecular formula is C20H23FN2O3. The molecule has 2 fully saturated rings. The van der Waals surface area contributed by atoms with Crippen LogP contribution in [0.3, 0.4) is 0 Å². The number of aliphatic hydroxyl groups is 1. The Bertz CT molecular complexity index is 866. The number of carbonyl (C=O) groups is 1. The second-order valence-electron chi connectivity index (χ2n) is 7.43. The number of aryl methyl sites for hydroxylation is 1. The van der Waals surface area contributed by atoms with Gasteiger partial charge in [-0.25, -0.2) is 4.39 Å². The molecule has 0 unspecified atom stereocenters. The van der Waals surface area contributed by atoms with Crippen molar-refractivity contribution in [1.82, 2.24) is 9.88 Å². The number of fused-ring (bicyclic) bond motifs is 2. The summed E-state index contributed by atoms with van der Waals surface area (Å²) in [6.45, 7) is 2.39. The molecule has 0 spiro atoms. The SMILES string of the molecule is CO[C@@]12CC[C@H](O)C[C@@H]1N(C(=O)c1cc(C)nc3cc(F)ccc13)CC2. The largest absolute Gasteiger partial charge is 0.393 e. The molecule has 2 aliphatic rings. The molecule has 1 saturated carbocycles. The van der Waals surface area contributed by atoms with E-state index in [1.807, 2.05) is 4.90 Å². The first-order chi connectivity index (χ1) is 12.4. The van der Waals surface area contributed by atoms with Crippen molar-refractivity contribution >= 4 is 16.8 Å². The maximum Gasteiger partial charge on any atom is 0.254 e. The minimum absolute atomic E-state index is 0.106. The van der Waals surface area contributed by atoms with E-state index in [9.17, 15) is 14.3 Å². The van der Waals surface area contributed by atoms with Crippen LogP contribution < -0.4 is 0 Å². The fourth-order valence-corrected chi connectivity index (χ4v) is 4.59. The van der Waals surface area contributed by atoms with Gasteiger partial charge in [-0.3, -0.25) is 9.78 Å². The van der Waals surface area contributed by atoms with Gasteiger partial charge in [-0.1, -0.05) is 0 Å². The third-order valence-electron chi connectivity index (χ3n) is 5.95. The van der Waals surface area contributed by atoms with E-state index in [0.717, 1.165) is 12.8 Å². The van der Waals surface area contributed by atoms with E-state index in [1.54, 1.807) is 26.2 Å². The Morgan fingerprint density at radius 3 is 2.96 bits per heavy atom. The van der Waals surface area contributed by atoms with E-state index < -0.39 is 6.10 Å². The number of amides is 1. The van der Waals surface area contributed by atoms with Gasteiger partial charge in [0.1, 0.15) is 5.82 Å². The van der Waals surface area contributed by atoms with Gasteiger partial charge in [0.25, 0.3) is 5.91 Å². The highest BCUT2D eigenvalue weighted by Crippen LogP contribution is 2.43. The zero-order chi connectivity index (χ0) is 18.5. The molecule has 1 amide bonds. The van der Waals surface area contributed by atoms with E-state index >= 15 is 0 Å². The number of hydrogen-bond acceptors (Lipinski definition) is 4. The fraction of sp³-hybridized carbons (Fsp3) is 0.500. The van der Waals surface area contributed by atoms with Gasteiger partial charge in [-0.2, -0.15) is 0 Å². The lowest BCUT2D eigenvalue weighted by atomic mass is 9.79. The number of hydrogen-bond donors (Lipinski definition) is 1.